The maximum atomic E-state index is 12.9. The first-order valence-corrected chi connectivity index (χ1v) is 8.96. The average molecular weight is 410 g/mol. The lowest BCUT2D eigenvalue weighted by Crippen LogP contribution is -2.34. The molecule has 1 aliphatic rings. The van der Waals surface area contributed by atoms with Crippen LogP contribution in [0.25, 0.3) is 0 Å². The Bertz CT molecular complexity index is 873. The second kappa shape index (κ2) is 8.50. The highest BCUT2D eigenvalue weighted by molar-refractivity contribution is 5.91. The number of urea groups is 1. The van der Waals surface area contributed by atoms with Gasteiger partial charge in [-0.15, -0.1) is 13.2 Å². The van der Waals surface area contributed by atoms with Crippen molar-refractivity contribution >= 4 is 11.7 Å². The molecule has 2 aromatic carbocycles. The molecule has 1 fully saturated rings. The van der Waals surface area contributed by atoms with E-state index in [4.69, 9.17) is 9.47 Å². The monoisotopic (exact) mass is 410 g/mol. The third-order valence-corrected chi connectivity index (χ3v) is 4.66. The molecule has 1 unspecified atom stereocenters. The van der Waals surface area contributed by atoms with Gasteiger partial charge in [0.05, 0.1) is 25.9 Å². The lowest BCUT2D eigenvalue weighted by atomic mass is 10.0. The summed E-state index contributed by atoms with van der Waals surface area (Å²) in [5.74, 6) is 0.761. The van der Waals surface area contributed by atoms with Gasteiger partial charge in [0, 0.05) is 12.1 Å². The molecule has 156 valence electrons. The standard InChI is InChI=1S/C20H21F3N2O4/c1-27-13-9-10-17(28-2)14(12-13)16-7-5-11-25(16)19(26)24-15-6-3-4-8-18(15)29-20(21,22)23/h3-4,6,8-10,12,16H,5,7,11H2,1-2H3,(H,24,26). The van der Waals surface area contributed by atoms with Crippen LogP contribution < -0.4 is 19.5 Å². The summed E-state index contributed by atoms with van der Waals surface area (Å²) in [6.45, 7) is 0.457. The Balaban J connectivity index is 1.84. The minimum absolute atomic E-state index is 0.0573. The molecule has 1 heterocycles. The SMILES string of the molecule is COc1ccc(OC)c(C2CCCN2C(=O)Nc2ccccc2OC(F)(F)F)c1. The molecule has 0 saturated carbocycles. The number of nitrogens with one attached hydrogen (secondary N) is 1. The molecule has 0 bridgehead atoms. The Labute approximate surface area is 166 Å². The van der Waals surface area contributed by atoms with Crippen molar-refractivity contribution in [2.75, 3.05) is 26.1 Å². The van der Waals surface area contributed by atoms with Crippen LogP contribution in [-0.2, 0) is 0 Å². The summed E-state index contributed by atoms with van der Waals surface area (Å²) in [6.07, 6.45) is -3.41. The van der Waals surface area contributed by atoms with E-state index in [9.17, 15) is 18.0 Å². The van der Waals surface area contributed by atoms with Gasteiger partial charge < -0.3 is 24.4 Å². The van der Waals surface area contributed by atoms with Crippen molar-refractivity contribution in [2.24, 2.45) is 0 Å². The summed E-state index contributed by atoms with van der Waals surface area (Å²) >= 11 is 0. The van der Waals surface area contributed by atoms with Crippen LogP contribution in [0.2, 0.25) is 0 Å². The highest BCUT2D eigenvalue weighted by Crippen LogP contribution is 2.39. The molecule has 29 heavy (non-hydrogen) atoms. The molecule has 9 heteroatoms. The zero-order valence-corrected chi connectivity index (χ0v) is 16.0. The van der Waals surface area contributed by atoms with Crippen LogP contribution in [-0.4, -0.2) is 38.1 Å². The molecule has 2 aromatic rings. The lowest BCUT2D eigenvalue weighted by Gasteiger charge is -2.27. The van der Waals surface area contributed by atoms with E-state index in [2.05, 4.69) is 10.1 Å². The Morgan fingerprint density at radius 1 is 1.10 bits per heavy atom. The topological polar surface area (TPSA) is 60.0 Å². The van der Waals surface area contributed by atoms with Gasteiger partial charge >= 0.3 is 12.4 Å². The van der Waals surface area contributed by atoms with Gasteiger partial charge in [-0.2, -0.15) is 0 Å². The largest absolute Gasteiger partial charge is 0.573 e. The molecule has 2 amide bonds. The third kappa shape index (κ3) is 4.85. The summed E-state index contributed by atoms with van der Waals surface area (Å²) in [5.41, 5.74) is 0.720. The molecule has 1 N–H and O–H groups in total. The van der Waals surface area contributed by atoms with Crippen molar-refractivity contribution in [3.63, 3.8) is 0 Å². The minimum Gasteiger partial charge on any atom is -0.497 e. The molecule has 6 nitrogen and oxygen atoms in total. The lowest BCUT2D eigenvalue weighted by molar-refractivity contribution is -0.274. The third-order valence-electron chi connectivity index (χ3n) is 4.66. The fourth-order valence-electron chi connectivity index (χ4n) is 3.40. The molecule has 1 saturated heterocycles. The van der Waals surface area contributed by atoms with Crippen LogP contribution in [0.15, 0.2) is 42.5 Å². The zero-order chi connectivity index (χ0) is 21.0. The smallest absolute Gasteiger partial charge is 0.497 e. The van der Waals surface area contributed by atoms with Crippen LogP contribution >= 0.6 is 0 Å². The van der Waals surface area contributed by atoms with Crippen molar-refractivity contribution in [2.45, 2.75) is 25.2 Å². The number of likely N-dealkylation sites (tertiary alicyclic amines) is 1. The first-order chi connectivity index (χ1) is 13.8. The van der Waals surface area contributed by atoms with Gasteiger partial charge in [-0.05, 0) is 43.2 Å². The number of halogens is 3. The first kappa shape index (κ1) is 20.6. The molecular formula is C20H21F3N2O4. The predicted octanol–water partition coefficient (Wildman–Crippen LogP) is 4.97. The van der Waals surface area contributed by atoms with E-state index in [1.807, 2.05) is 0 Å². The van der Waals surface area contributed by atoms with E-state index in [0.717, 1.165) is 18.1 Å². The molecule has 1 atom stereocenters. The van der Waals surface area contributed by atoms with Crippen LogP contribution in [0, 0.1) is 0 Å². The summed E-state index contributed by atoms with van der Waals surface area (Å²) < 4.78 is 52.6. The molecule has 0 aliphatic carbocycles. The Morgan fingerprint density at radius 2 is 1.86 bits per heavy atom. The number of anilines is 1. The number of alkyl halides is 3. The number of ether oxygens (including phenoxy) is 3. The van der Waals surface area contributed by atoms with Crippen molar-refractivity contribution in [3.05, 3.63) is 48.0 Å². The van der Waals surface area contributed by atoms with E-state index in [1.165, 1.54) is 25.3 Å². The van der Waals surface area contributed by atoms with Crippen molar-refractivity contribution < 1.29 is 32.2 Å². The number of methoxy groups -OCH3 is 2. The van der Waals surface area contributed by atoms with Crippen LogP contribution in [0.5, 0.6) is 17.2 Å². The van der Waals surface area contributed by atoms with Crippen LogP contribution in [0.1, 0.15) is 24.4 Å². The van der Waals surface area contributed by atoms with E-state index < -0.39 is 18.1 Å². The highest BCUT2D eigenvalue weighted by atomic mass is 19.4. The average Bonchev–Trinajstić information content (AvgIpc) is 3.17. The number of benzene rings is 2. The summed E-state index contributed by atoms with van der Waals surface area (Å²) in [6, 6.07) is 9.93. The van der Waals surface area contributed by atoms with Gasteiger partial charge in [0.2, 0.25) is 0 Å². The van der Waals surface area contributed by atoms with Gasteiger partial charge in [0.15, 0.2) is 5.75 Å². The normalized spacial score (nSPS) is 16.4. The van der Waals surface area contributed by atoms with Gasteiger partial charge in [0.1, 0.15) is 11.5 Å². The zero-order valence-electron chi connectivity index (χ0n) is 16.0. The number of carbonyl (C=O) groups excluding carboxylic acids is 1. The van der Waals surface area contributed by atoms with E-state index in [0.29, 0.717) is 24.5 Å². The van der Waals surface area contributed by atoms with E-state index in [1.54, 1.807) is 30.2 Å². The Hall–Kier alpha value is -3.10. The maximum Gasteiger partial charge on any atom is 0.573 e. The number of amides is 2. The first-order valence-electron chi connectivity index (χ1n) is 8.96. The number of hydrogen-bond donors (Lipinski definition) is 1. The fourth-order valence-corrected chi connectivity index (χ4v) is 3.40. The van der Waals surface area contributed by atoms with Gasteiger partial charge in [-0.1, -0.05) is 12.1 Å². The second-order valence-corrected chi connectivity index (χ2v) is 6.43. The van der Waals surface area contributed by atoms with E-state index >= 15 is 0 Å². The van der Waals surface area contributed by atoms with Gasteiger partial charge in [-0.25, -0.2) is 4.79 Å². The summed E-state index contributed by atoms with van der Waals surface area (Å²) in [7, 11) is 3.08. The summed E-state index contributed by atoms with van der Waals surface area (Å²) in [5, 5.41) is 2.53. The maximum absolute atomic E-state index is 12.9. The van der Waals surface area contributed by atoms with Crippen molar-refractivity contribution in [1.29, 1.82) is 0 Å². The van der Waals surface area contributed by atoms with Crippen LogP contribution in [0.3, 0.4) is 0 Å². The number of carbonyl (C=O) groups is 1. The Kier molecular flexibility index (Phi) is 6.05. The molecule has 0 spiro atoms. The minimum atomic E-state index is -4.86. The number of para-hydroxylation sites is 2. The van der Waals surface area contributed by atoms with Crippen molar-refractivity contribution in [1.82, 2.24) is 4.90 Å². The van der Waals surface area contributed by atoms with Crippen molar-refractivity contribution in [3.8, 4) is 17.2 Å². The van der Waals surface area contributed by atoms with Crippen LogP contribution in [0.4, 0.5) is 23.7 Å². The fraction of sp³-hybridized carbons (Fsp3) is 0.350. The number of hydrogen-bond acceptors (Lipinski definition) is 4. The van der Waals surface area contributed by atoms with Gasteiger partial charge in [-0.3, -0.25) is 0 Å². The molecule has 1 aliphatic heterocycles. The molecule has 3 rings (SSSR count). The summed E-state index contributed by atoms with van der Waals surface area (Å²) in [4.78, 5) is 14.4. The quantitative estimate of drug-likeness (QED) is 0.756. The predicted molar refractivity (Wildman–Crippen MR) is 100 cm³/mol. The molecule has 0 radical (unpaired) electrons. The molecule has 0 aromatic heterocycles. The highest BCUT2D eigenvalue weighted by Gasteiger charge is 2.34. The van der Waals surface area contributed by atoms with Gasteiger partial charge in [0.25, 0.3) is 0 Å². The Morgan fingerprint density at radius 3 is 2.55 bits per heavy atom. The number of nitrogens with zero attached hydrogens (tertiary/aromatic N) is 1. The second-order valence-electron chi connectivity index (χ2n) is 6.43. The molecular weight excluding hydrogens is 389 g/mol. The van der Waals surface area contributed by atoms with E-state index in [-0.39, 0.29) is 11.7 Å². The number of rotatable bonds is 5.